The van der Waals surface area contributed by atoms with E-state index in [1.165, 1.54) is 27.8 Å². The number of ether oxygens (including phenoxy) is 1. The van der Waals surface area contributed by atoms with Gasteiger partial charge in [-0.25, -0.2) is 0 Å². The quantitative estimate of drug-likeness (QED) is 0.373. The Morgan fingerprint density at radius 2 is 0.926 bits per heavy atom. The lowest BCUT2D eigenvalue weighted by atomic mass is 9.98. The van der Waals surface area contributed by atoms with E-state index in [-0.39, 0.29) is 0 Å². The lowest BCUT2D eigenvalue weighted by molar-refractivity contribution is 0.341. The lowest BCUT2D eigenvalue weighted by Crippen LogP contribution is -1.93. The van der Waals surface area contributed by atoms with Crippen LogP contribution in [-0.4, -0.2) is 6.61 Å². The fourth-order valence-corrected chi connectivity index (χ4v) is 3.31. The minimum Gasteiger partial charge on any atom is -0.493 e. The largest absolute Gasteiger partial charge is 0.493 e. The second-order valence-corrected chi connectivity index (χ2v) is 6.45. The van der Waals surface area contributed by atoms with Crippen LogP contribution < -0.4 is 4.74 Å². The number of para-hydroxylation sites is 1. The molecule has 1 nitrogen and oxygen atoms in total. The fourth-order valence-electron chi connectivity index (χ4n) is 3.31. The molecule has 0 bridgehead atoms. The minimum atomic E-state index is 0.670. The summed E-state index contributed by atoms with van der Waals surface area (Å²) in [6.45, 7) is 2.68. The van der Waals surface area contributed by atoms with Gasteiger partial charge in [0.1, 0.15) is 5.75 Å². The predicted octanol–water partition coefficient (Wildman–Crippen LogP) is 7.09. The van der Waals surface area contributed by atoms with Gasteiger partial charge in [-0.1, -0.05) is 97.1 Å². The molecule has 0 fully saturated rings. The topological polar surface area (TPSA) is 9.23 Å². The number of benzene rings is 4. The number of hydrogen-bond acceptors (Lipinski definition) is 1. The highest BCUT2D eigenvalue weighted by Gasteiger charge is 2.06. The molecule has 0 aliphatic heterocycles. The predicted molar refractivity (Wildman–Crippen MR) is 114 cm³/mol. The minimum absolute atomic E-state index is 0.670. The Morgan fingerprint density at radius 1 is 0.481 bits per heavy atom. The maximum absolute atomic E-state index is 5.76. The van der Waals surface area contributed by atoms with E-state index in [2.05, 4.69) is 78.9 Å². The van der Waals surface area contributed by atoms with Crippen molar-refractivity contribution in [1.82, 2.24) is 0 Å². The van der Waals surface area contributed by atoms with Gasteiger partial charge in [0.05, 0.1) is 6.61 Å². The molecular formula is C26H22O. The third-order valence-electron chi connectivity index (χ3n) is 4.71. The summed E-state index contributed by atoms with van der Waals surface area (Å²) in [5, 5.41) is 0. The van der Waals surface area contributed by atoms with Gasteiger partial charge in [0.2, 0.25) is 0 Å². The zero-order chi connectivity index (χ0) is 18.5. The molecule has 0 aromatic heterocycles. The molecular weight excluding hydrogens is 328 g/mol. The molecule has 0 radical (unpaired) electrons. The summed E-state index contributed by atoms with van der Waals surface area (Å²) in [7, 11) is 0. The van der Waals surface area contributed by atoms with Crippen LogP contribution in [0.5, 0.6) is 5.75 Å². The van der Waals surface area contributed by atoms with Crippen molar-refractivity contribution in [3.05, 3.63) is 103 Å². The maximum atomic E-state index is 5.76. The molecule has 0 aliphatic rings. The molecule has 0 amide bonds. The summed E-state index contributed by atoms with van der Waals surface area (Å²) in [6.07, 6.45) is 0. The van der Waals surface area contributed by atoms with Crippen molar-refractivity contribution in [2.45, 2.75) is 6.92 Å². The first-order valence-electron chi connectivity index (χ1n) is 9.33. The third-order valence-corrected chi connectivity index (χ3v) is 4.71. The average molecular weight is 350 g/mol. The highest BCUT2D eigenvalue weighted by atomic mass is 16.5. The summed E-state index contributed by atoms with van der Waals surface area (Å²) in [5.41, 5.74) is 7.22. The van der Waals surface area contributed by atoms with Crippen molar-refractivity contribution < 1.29 is 4.74 Å². The second-order valence-electron chi connectivity index (χ2n) is 6.45. The molecule has 132 valence electrons. The van der Waals surface area contributed by atoms with Crippen LogP contribution in [0.25, 0.3) is 33.4 Å². The van der Waals surface area contributed by atoms with E-state index in [0.29, 0.717) is 6.61 Å². The van der Waals surface area contributed by atoms with Crippen molar-refractivity contribution in [2.75, 3.05) is 6.61 Å². The summed E-state index contributed by atoms with van der Waals surface area (Å²) >= 11 is 0. The smallest absolute Gasteiger partial charge is 0.127 e. The number of hydrogen-bond donors (Lipinski definition) is 0. The van der Waals surface area contributed by atoms with Crippen molar-refractivity contribution in [2.24, 2.45) is 0 Å². The molecule has 0 N–H and O–H groups in total. The molecule has 0 atom stereocenters. The molecule has 4 rings (SSSR count). The average Bonchev–Trinajstić information content (AvgIpc) is 2.75. The van der Waals surface area contributed by atoms with E-state index in [1.54, 1.807) is 0 Å². The summed E-state index contributed by atoms with van der Waals surface area (Å²) in [5.74, 6) is 0.931. The van der Waals surface area contributed by atoms with E-state index in [4.69, 9.17) is 4.74 Å². The maximum Gasteiger partial charge on any atom is 0.127 e. The first kappa shape index (κ1) is 17.1. The van der Waals surface area contributed by atoms with Crippen LogP contribution in [0.4, 0.5) is 0 Å². The molecule has 1 heteroatoms. The zero-order valence-electron chi connectivity index (χ0n) is 15.4. The normalized spacial score (nSPS) is 10.6. The Labute approximate surface area is 160 Å². The van der Waals surface area contributed by atoms with Gasteiger partial charge in [0.25, 0.3) is 0 Å². The van der Waals surface area contributed by atoms with Crippen molar-refractivity contribution in [3.8, 4) is 39.1 Å². The Bertz CT molecular complexity index is 1000. The highest BCUT2D eigenvalue weighted by molar-refractivity contribution is 5.75. The highest BCUT2D eigenvalue weighted by Crippen LogP contribution is 2.32. The Hall–Kier alpha value is -3.32. The van der Waals surface area contributed by atoms with E-state index in [1.807, 2.05) is 31.2 Å². The first-order valence-corrected chi connectivity index (χ1v) is 9.33. The van der Waals surface area contributed by atoms with Crippen LogP contribution in [0.2, 0.25) is 0 Å². The molecule has 0 unspecified atom stereocenters. The lowest BCUT2D eigenvalue weighted by Gasteiger charge is -2.11. The van der Waals surface area contributed by atoms with E-state index in [9.17, 15) is 0 Å². The standard InChI is InChI=1S/C26H22O/c1-2-27-26-11-7-6-10-25(26)24-18-16-23(17-19-24)22-14-12-21(13-15-22)20-8-4-3-5-9-20/h3-19H,2H2,1H3. The summed E-state index contributed by atoms with van der Waals surface area (Å²) < 4.78 is 5.76. The van der Waals surface area contributed by atoms with Crippen LogP contribution in [0.3, 0.4) is 0 Å². The van der Waals surface area contributed by atoms with Gasteiger partial charge in [-0.15, -0.1) is 0 Å². The van der Waals surface area contributed by atoms with Gasteiger partial charge in [0.15, 0.2) is 0 Å². The Kier molecular flexibility index (Phi) is 5.02. The molecule has 4 aromatic rings. The first-order chi connectivity index (χ1) is 13.3. The molecule has 0 spiro atoms. The Morgan fingerprint density at radius 3 is 1.48 bits per heavy atom. The van der Waals surface area contributed by atoms with Crippen molar-refractivity contribution in [1.29, 1.82) is 0 Å². The SMILES string of the molecule is CCOc1ccccc1-c1ccc(-c2ccc(-c3ccccc3)cc2)cc1. The molecule has 4 aromatic carbocycles. The molecule has 0 saturated carbocycles. The molecule has 0 heterocycles. The summed E-state index contributed by atoms with van der Waals surface area (Å²) in [4.78, 5) is 0. The van der Waals surface area contributed by atoms with Crippen LogP contribution in [0, 0.1) is 0 Å². The van der Waals surface area contributed by atoms with Crippen LogP contribution in [-0.2, 0) is 0 Å². The fraction of sp³-hybridized carbons (Fsp3) is 0.0769. The van der Waals surface area contributed by atoms with Crippen LogP contribution in [0.1, 0.15) is 6.92 Å². The molecule has 27 heavy (non-hydrogen) atoms. The second kappa shape index (κ2) is 7.92. The van der Waals surface area contributed by atoms with Gasteiger partial charge in [0, 0.05) is 5.56 Å². The van der Waals surface area contributed by atoms with E-state index >= 15 is 0 Å². The van der Waals surface area contributed by atoms with Crippen molar-refractivity contribution in [3.63, 3.8) is 0 Å². The third kappa shape index (κ3) is 3.78. The van der Waals surface area contributed by atoms with Crippen LogP contribution >= 0.6 is 0 Å². The van der Waals surface area contributed by atoms with Gasteiger partial charge in [-0.3, -0.25) is 0 Å². The van der Waals surface area contributed by atoms with E-state index < -0.39 is 0 Å². The molecule has 0 saturated heterocycles. The van der Waals surface area contributed by atoms with Crippen molar-refractivity contribution >= 4 is 0 Å². The summed E-state index contributed by atoms with van der Waals surface area (Å²) in [6, 6.07) is 36.1. The Balaban J connectivity index is 1.60. The number of rotatable bonds is 5. The molecule has 0 aliphatic carbocycles. The van der Waals surface area contributed by atoms with Crippen LogP contribution in [0.15, 0.2) is 103 Å². The van der Waals surface area contributed by atoms with Gasteiger partial charge in [-0.2, -0.15) is 0 Å². The van der Waals surface area contributed by atoms with E-state index in [0.717, 1.165) is 11.3 Å². The monoisotopic (exact) mass is 350 g/mol. The van der Waals surface area contributed by atoms with Gasteiger partial charge < -0.3 is 4.74 Å². The van der Waals surface area contributed by atoms with Gasteiger partial charge in [-0.05, 0) is 40.8 Å². The zero-order valence-corrected chi connectivity index (χ0v) is 15.4. The van der Waals surface area contributed by atoms with Gasteiger partial charge >= 0.3 is 0 Å².